The lowest BCUT2D eigenvalue weighted by Gasteiger charge is -2.27. The fourth-order valence-corrected chi connectivity index (χ4v) is 3.68. The maximum absolute atomic E-state index is 8.89. The van der Waals surface area contributed by atoms with Crippen molar-refractivity contribution < 1.29 is 0 Å². The summed E-state index contributed by atoms with van der Waals surface area (Å²) in [5.41, 5.74) is 4.47. The Bertz CT molecular complexity index is 974. The van der Waals surface area contributed by atoms with Gasteiger partial charge in [-0.3, -0.25) is 4.90 Å². The van der Waals surface area contributed by atoms with Gasteiger partial charge in [0, 0.05) is 42.3 Å². The highest BCUT2D eigenvalue weighted by atomic mass is 35.5. The summed E-state index contributed by atoms with van der Waals surface area (Å²) in [6.07, 6.45) is 3.78. The summed E-state index contributed by atoms with van der Waals surface area (Å²) in [5.74, 6) is 0.816. The number of halogens is 1. The summed E-state index contributed by atoms with van der Waals surface area (Å²) in [4.78, 5) is 14.1. The summed E-state index contributed by atoms with van der Waals surface area (Å²) in [6.45, 7) is 2.65. The highest BCUT2D eigenvalue weighted by Crippen LogP contribution is 2.25. The van der Waals surface area contributed by atoms with E-state index in [2.05, 4.69) is 55.6 Å². The number of aromatic amines is 1. The number of anilines is 1. The highest BCUT2D eigenvalue weighted by molar-refractivity contribution is 6.28. The van der Waals surface area contributed by atoms with Gasteiger partial charge in [0.15, 0.2) is 0 Å². The molecule has 0 saturated heterocycles. The van der Waals surface area contributed by atoms with Crippen LogP contribution in [-0.4, -0.2) is 39.5 Å². The summed E-state index contributed by atoms with van der Waals surface area (Å²) >= 11 is 6.11. The average molecular weight is 367 g/mol. The number of hydrogen-bond acceptors (Lipinski definition) is 5. The van der Waals surface area contributed by atoms with Gasteiger partial charge in [-0.2, -0.15) is 5.26 Å². The van der Waals surface area contributed by atoms with Crippen molar-refractivity contribution in [1.82, 2.24) is 19.9 Å². The molecule has 0 unspecified atom stereocenters. The van der Waals surface area contributed by atoms with E-state index in [4.69, 9.17) is 16.9 Å². The Hall–Kier alpha value is -2.62. The lowest BCUT2D eigenvalue weighted by atomic mass is 10.1. The highest BCUT2D eigenvalue weighted by Gasteiger charge is 2.21. The van der Waals surface area contributed by atoms with Crippen LogP contribution >= 0.6 is 11.6 Å². The van der Waals surface area contributed by atoms with Crippen LogP contribution in [0.2, 0.25) is 5.28 Å². The van der Waals surface area contributed by atoms with Crippen molar-refractivity contribution in [3.63, 3.8) is 0 Å². The Labute approximate surface area is 156 Å². The fourth-order valence-electron chi connectivity index (χ4n) is 3.49. The van der Waals surface area contributed by atoms with Crippen LogP contribution in [0.15, 0.2) is 30.5 Å². The van der Waals surface area contributed by atoms with Gasteiger partial charge in [-0.05, 0) is 36.1 Å². The Balaban J connectivity index is 1.48. The van der Waals surface area contributed by atoms with Crippen LogP contribution in [0.3, 0.4) is 0 Å². The molecule has 1 aliphatic heterocycles. The molecular weight excluding hydrogens is 348 g/mol. The Morgan fingerprint density at radius 2 is 2.19 bits per heavy atom. The summed E-state index contributed by atoms with van der Waals surface area (Å²) in [6, 6.07) is 10.5. The number of hydrogen-bond donors (Lipinski definition) is 2. The average Bonchev–Trinajstić information content (AvgIpc) is 3.05. The normalized spacial score (nSPS) is 14.2. The molecule has 7 heteroatoms. The van der Waals surface area contributed by atoms with Crippen LogP contribution < -0.4 is 5.32 Å². The van der Waals surface area contributed by atoms with Crippen molar-refractivity contribution in [3.8, 4) is 6.07 Å². The molecule has 0 radical (unpaired) electrons. The third-order valence-corrected chi connectivity index (χ3v) is 4.94. The van der Waals surface area contributed by atoms with Gasteiger partial charge < -0.3 is 10.3 Å². The first-order valence-corrected chi connectivity index (χ1v) is 9.06. The van der Waals surface area contributed by atoms with Crippen LogP contribution in [0.25, 0.3) is 10.9 Å². The van der Waals surface area contributed by atoms with Gasteiger partial charge in [0.1, 0.15) is 5.82 Å². The van der Waals surface area contributed by atoms with E-state index in [9.17, 15) is 0 Å². The van der Waals surface area contributed by atoms with E-state index in [0.29, 0.717) is 13.1 Å². The fraction of sp³-hybridized carbons (Fsp3) is 0.316. The van der Waals surface area contributed by atoms with E-state index in [-0.39, 0.29) is 5.28 Å². The molecule has 0 amide bonds. The zero-order valence-corrected chi connectivity index (χ0v) is 15.1. The molecule has 0 spiro atoms. The van der Waals surface area contributed by atoms with Crippen LogP contribution in [0.1, 0.15) is 16.8 Å². The number of benzene rings is 1. The van der Waals surface area contributed by atoms with E-state index in [0.717, 1.165) is 48.5 Å². The van der Waals surface area contributed by atoms with Crippen LogP contribution in [0, 0.1) is 11.3 Å². The standard InChI is InChI=1S/C19H19ClN6/c20-19-24-17-12-26(10-7-21)9-6-15(17)18(25-19)22-8-5-13-11-23-16-4-2-1-3-14(13)16/h1-4,11,23H,5-6,8-10,12H2,(H,22,24,25). The van der Waals surface area contributed by atoms with Gasteiger partial charge in [-0.25, -0.2) is 9.97 Å². The largest absolute Gasteiger partial charge is 0.369 e. The zero-order valence-electron chi connectivity index (χ0n) is 14.3. The van der Waals surface area contributed by atoms with Crippen LogP contribution in [0.4, 0.5) is 5.82 Å². The Morgan fingerprint density at radius 3 is 3.08 bits per heavy atom. The maximum Gasteiger partial charge on any atom is 0.224 e. The smallest absolute Gasteiger partial charge is 0.224 e. The molecule has 1 aromatic carbocycles. The van der Waals surface area contributed by atoms with Gasteiger partial charge in [-0.15, -0.1) is 0 Å². The molecule has 3 aromatic rings. The van der Waals surface area contributed by atoms with Crippen molar-refractivity contribution >= 4 is 28.3 Å². The molecule has 3 heterocycles. The molecule has 1 aliphatic rings. The quantitative estimate of drug-likeness (QED) is 0.535. The second-order valence-corrected chi connectivity index (χ2v) is 6.76. The first kappa shape index (κ1) is 16.8. The molecular formula is C19H19ClN6. The number of H-pyrrole nitrogens is 1. The predicted octanol–water partition coefficient (Wildman–Crippen LogP) is 3.15. The molecule has 2 N–H and O–H groups in total. The Kier molecular flexibility index (Phi) is 4.74. The molecule has 0 saturated carbocycles. The number of rotatable bonds is 5. The monoisotopic (exact) mass is 366 g/mol. The lowest BCUT2D eigenvalue weighted by molar-refractivity contribution is 0.280. The van der Waals surface area contributed by atoms with Gasteiger partial charge in [0.05, 0.1) is 18.3 Å². The van der Waals surface area contributed by atoms with Crippen molar-refractivity contribution in [2.75, 3.05) is 25.0 Å². The van der Waals surface area contributed by atoms with E-state index in [1.165, 1.54) is 10.9 Å². The lowest BCUT2D eigenvalue weighted by Crippen LogP contribution is -2.32. The Morgan fingerprint density at radius 1 is 1.31 bits per heavy atom. The summed E-state index contributed by atoms with van der Waals surface area (Å²) < 4.78 is 0. The number of para-hydroxylation sites is 1. The van der Waals surface area contributed by atoms with Gasteiger partial charge >= 0.3 is 0 Å². The minimum absolute atomic E-state index is 0.247. The number of nitrogens with one attached hydrogen (secondary N) is 2. The summed E-state index contributed by atoms with van der Waals surface area (Å²) in [7, 11) is 0. The first-order valence-electron chi connectivity index (χ1n) is 8.68. The third kappa shape index (κ3) is 3.36. The second-order valence-electron chi connectivity index (χ2n) is 6.42. The molecule has 0 aliphatic carbocycles. The van der Waals surface area contributed by atoms with E-state index < -0.39 is 0 Å². The topological polar surface area (TPSA) is 80.6 Å². The minimum Gasteiger partial charge on any atom is -0.369 e. The molecule has 6 nitrogen and oxygen atoms in total. The van der Waals surface area contributed by atoms with Gasteiger partial charge in [0.25, 0.3) is 0 Å². The van der Waals surface area contributed by atoms with Crippen LogP contribution in [0.5, 0.6) is 0 Å². The SMILES string of the molecule is N#CCN1CCc2c(nc(Cl)nc2NCCc2c[nH]c3ccccc23)C1. The number of aromatic nitrogens is 3. The molecule has 0 atom stereocenters. The predicted molar refractivity (Wildman–Crippen MR) is 102 cm³/mol. The van der Waals surface area contributed by atoms with E-state index in [1.807, 2.05) is 6.07 Å². The van der Waals surface area contributed by atoms with Crippen LogP contribution in [-0.2, 0) is 19.4 Å². The zero-order chi connectivity index (χ0) is 17.9. The molecule has 26 heavy (non-hydrogen) atoms. The molecule has 0 fully saturated rings. The van der Waals surface area contributed by atoms with Crippen molar-refractivity contribution in [2.24, 2.45) is 0 Å². The summed E-state index contributed by atoms with van der Waals surface area (Å²) in [5, 5.41) is 13.8. The van der Waals surface area contributed by atoms with Gasteiger partial charge in [-0.1, -0.05) is 18.2 Å². The molecule has 132 valence electrons. The van der Waals surface area contributed by atoms with Crippen molar-refractivity contribution in [2.45, 2.75) is 19.4 Å². The molecule has 0 bridgehead atoms. The number of nitrogens with zero attached hydrogens (tertiary/aromatic N) is 4. The molecule has 2 aromatic heterocycles. The van der Waals surface area contributed by atoms with Crippen molar-refractivity contribution in [3.05, 3.63) is 52.6 Å². The third-order valence-electron chi connectivity index (χ3n) is 4.77. The first-order chi connectivity index (χ1) is 12.7. The number of fused-ring (bicyclic) bond motifs is 2. The maximum atomic E-state index is 8.89. The van der Waals surface area contributed by atoms with Crippen molar-refractivity contribution in [1.29, 1.82) is 5.26 Å². The van der Waals surface area contributed by atoms with Gasteiger partial charge in [0.2, 0.25) is 5.28 Å². The molecule has 4 rings (SSSR count). The second kappa shape index (κ2) is 7.32. The van der Waals surface area contributed by atoms with E-state index in [1.54, 1.807) is 0 Å². The number of nitriles is 1. The minimum atomic E-state index is 0.247. The van der Waals surface area contributed by atoms with E-state index >= 15 is 0 Å².